The van der Waals surface area contributed by atoms with Crippen molar-refractivity contribution in [1.29, 1.82) is 0 Å². The Morgan fingerprint density at radius 1 is 1.55 bits per heavy atom. The van der Waals surface area contributed by atoms with E-state index in [1.165, 1.54) is 7.11 Å². The van der Waals surface area contributed by atoms with Crippen LogP contribution in [0.1, 0.15) is 18.4 Å². The molecule has 2 heterocycles. The van der Waals surface area contributed by atoms with Crippen LogP contribution in [0.25, 0.3) is 10.8 Å². The zero-order valence-corrected chi connectivity index (χ0v) is 12.7. The Morgan fingerprint density at radius 3 is 2.95 bits per heavy atom. The molecule has 6 heteroatoms. The molecule has 0 unspecified atom stereocenters. The molecule has 108 valence electrons. The molecule has 0 saturated carbocycles. The minimum absolute atomic E-state index is 0.244. The second-order valence-electron chi connectivity index (χ2n) is 4.38. The van der Waals surface area contributed by atoms with Crippen molar-refractivity contribution < 1.29 is 13.9 Å². The van der Waals surface area contributed by atoms with E-state index in [-0.39, 0.29) is 12.5 Å². The summed E-state index contributed by atoms with van der Waals surface area (Å²) in [6, 6.07) is 3.95. The van der Waals surface area contributed by atoms with Crippen molar-refractivity contribution in [2.45, 2.75) is 20.4 Å². The number of ether oxygens (including phenoxy) is 1. The number of oxazole rings is 1. The number of esters is 1. The summed E-state index contributed by atoms with van der Waals surface area (Å²) < 4.78 is 10.4. The minimum Gasteiger partial charge on any atom is -0.468 e. The van der Waals surface area contributed by atoms with E-state index in [9.17, 15) is 4.79 Å². The van der Waals surface area contributed by atoms with Crippen LogP contribution in [-0.4, -0.2) is 36.1 Å². The number of thiophene rings is 1. The standard InChI is InChI=1S/C14H18N2O3S/c1-4-16(9-13(17)18-3)8-11-10(2)19-14(15-11)12-6-5-7-20-12/h5-7H,4,8-9H2,1-3H3. The van der Waals surface area contributed by atoms with Gasteiger partial charge in [0.05, 0.1) is 24.2 Å². The lowest BCUT2D eigenvalue weighted by Crippen LogP contribution is -2.30. The zero-order chi connectivity index (χ0) is 14.5. The van der Waals surface area contributed by atoms with E-state index in [1.807, 2.05) is 36.3 Å². The van der Waals surface area contributed by atoms with Gasteiger partial charge in [-0.2, -0.15) is 0 Å². The highest BCUT2D eigenvalue weighted by atomic mass is 32.1. The summed E-state index contributed by atoms with van der Waals surface area (Å²) in [5.41, 5.74) is 0.860. The first kappa shape index (κ1) is 14.7. The van der Waals surface area contributed by atoms with Gasteiger partial charge in [-0.1, -0.05) is 13.0 Å². The highest BCUT2D eigenvalue weighted by Crippen LogP contribution is 2.26. The summed E-state index contributed by atoms with van der Waals surface area (Å²) in [6.07, 6.45) is 0. The van der Waals surface area contributed by atoms with Crippen LogP contribution < -0.4 is 0 Å². The lowest BCUT2D eigenvalue weighted by atomic mass is 10.3. The Hall–Kier alpha value is -1.66. The van der Waals surface area contributed by atoms with Crippen molar-refractivity contribution in [2.24, 2.45) is 0 Å². The first-order valence-corrected chi connectivity index (χ1v) is 7.31. The molecule has 0 N–H and O–H groups in total. The minimum atomic E-state index is -0.244. The summed E-state index contributed by atoms with van der Waals surface area (Å²) in [7, 11) is 1.40. The predicted molar refractivity (Wildman–Crippen MR) is 77.5 cm³/mol. The SMILES string of the molecule is CCN(CC(=O)OC)Cc1nc(-c2cccs2)oc1C. The van der Waals surface area contributed by atoms with Gasteiger partial charge >= 0.3 is 5.97 Å². The average molecular weight is 294 g/mol. The Morgan fingerprint density at radius 2 is 2.35 bits per heavy atom. The van der Waals surface area contributed by atoms with Crippen molar-refractivity contribution in [3.8, 4) is 10.8 Å². The topological polar surface area (TPSA) is 55.6 Å². The molecule has 0 spiro atoms. The van der Waals surface area contributed by atoms with Crippen molar-refractivity contribution >= 4 is 17.3 Å². The summed E-state index contributed by atoms with van der Waals surface area (Å²) in [5, 5.41) is 1.99. The highest BCUT2D eigenvalue weighted by molar-refractivity contribution is 7.13. The second-order valence-corrected chi connectivity index (χ2v) is 5.33. The van der Waals surface area contributed by atoms with Gasteiger partial charge in [0, 0.05) is 6.54 Å². The molecular formula is C14H18N2O3S. The third-order valence-electron chi connectivity index (χ3n) is 3.03. The highest BCUT2D eigenvalue weighted by Gasteiger charge is 2.16. The van der Waals surface area contributed by atoms with Crippen LogP contribution in [0.4, 0.5) is 0 Å². The van der Waals surface area contributed by atoms with Crippen LogP contribution in [0.2, 0.25) is 0 Å². The van der Waals surface area contributed by atoms with Crippen LogP contribution in [0.15, 0.2) is 21.9 Å². The molecule has 5 nitrogen and oxygen atoms in total. The number of aromatic nitrogens is 1. The largest absolute Gasteiger partial charge is 0.468 e. The first-order chi connectivity index (χ1) is 9.63. The summed E-state index contributed by atoms with van der Waals surface area (Å²) >= 11 is 1.59. The normalized spacial score (nSPS) is 11.0. The van der Waals surface area contributed by atoms with Gasteiger partial charge in [0.2, 0.25) is 5.89 Å². The maximum atomic E-state index is 11.3. The fourth-order valence-corrected chi connectivity index (χ4v) is 2.47. The average Bonchev–Trinajstić information content (AvgIpc) is 3.08. The molecule has 0 bridgehead atoms. The lowest BCUT2D eigenvalue weighted by molar-refractivity contribution is -0.142. The fourth-order valence-electron chi connectivity index (χ4n) is 1.82. The molecular weight excluding hydrogens is 276 g/mol. The van der Waals surface area contributed by atoms with E-state index < -0.39 is 0 Å². The predicted octanol–water partition coefficient (Wildman–Crippen LogP) is 2.71. The van der Waals surface area contributed by atoms with Crippen LogP contribution in [0.3, 0.4) is 0 Å². The van der Waals surface area contributed by atoms with Gasteiger partial charge in [0.1, 0.15) is 5.76 Å². The summed E-state index contributed by atoms with van der Waals surface area (Å²) in [6.45, 7) is 5.47. The van der Waals surface area contributed by atoms with Gasteiger partial charge in [-0.15, -0.1) is 11.3 Å². The molecule has 0 saturated heterocycles. The molecule has 0 aliphatic carbocycles. The van der Waals surface area contributed by atoms with Crippen molar-refractivity contribution in [3.63, 3.8) is 0 Å². The van der Waals surface area contributed by atoms with Crippen molar-refractivity contribution in [1.82, 2.24) is 9.88 Å². The number of nitrogens with zero attached hydrogens (tertiary/aromatic N) is 2. The van der Waals surface area contributed by atoms with E-state index >= 15 is 0 Å². The molecule has 20 heavy (non-hydrogen) atoms. The molecule has 0 radical (unpaired) electrons. The first-order valence-electron chi connectivity index (χ1n) is 6.43. The number of carbonyl (C=O) groups excluding carboxylic acids is 1. The number of likely N-dealkylation sites (N-methyl/N-ethyl adjacent to an activating group) is 1. The van der Waals surface area contributed by atoms with E-state index in [4.69, 9.17) is 9.15 Å². The Balaban J connectivity index is 2.10. The van der Waals surface area contributed by atoms with Gasteiger partial charge in [-0.3, -0.25) is 9.69 Å². The Labute approximate surface area is 122 Å². The van der Waals surface area contributed by atoms with Gasteiger partial charge < -0.3 is 9.15 Å². The smallest absolute Gasteiger partial charge is 0.319 e. The molecule has 0 aliphatic heterocycles. The molecule has 0 fully saturated rings. The Bertz CT molecular complexity index is 563. The fraction of sp³-hybridized carbons (Fsp3) is 0.429. The molecule has 0 aliphatic rings. The van der Waals surface area contributed by atoms with E-state index in [0.717, 1.165) is 22.9 Å². The molecule has 0 aromatic carbocycles. The maximum absolute atomic E-state index is 11.3. The number of hydrogen-bond acceptors (Lipinski definition) is 6. The van der Waals surface area contributed by atoms with E-state index in [2.05, 4.69) is 4.98 Å². The van der Waals surface area contributed by atoms with E-state index in [1.54, 1.807) is 11.3 Å². The van der Waals surface area contributed by atoms with Gasteiger partial charge in [-0.05, 0) is 24.9 Å². The van der Waals surface area contributed by atoms with Crippen molar-refractivity contribution in [3.05, 3.63) is 29.0 Å². The number of carbonyl (C=O) groups is 1. The quantitative estimate of drug-likeness (QED) is 0.767. The summed E-state index contributed by atoms with van der Waals surface area (Å²) in [4.78, 5) is 18.8. The maximum Gasteiger partial charge on any atom is 0.319 e. The van der Waals surface area contributed by atoms with E-state index in [0.29, 0.717) is 12.4 Å². The monoisotopic (exact) mass is 294 g/mol. The van der Waals surface area contributed by atoms with Crippen LogP contribution in [0, 0.1) is 6.92 Å². The number of hydrogen-bond donors (Lipinski definition) is 0. The van der Waals surface area contributed by atoms with Crippen LogP contribution >= 0.6 is 11.3 Å². The third-order valence-corrected chi connectivity index (χ3v) is 3.88. The van der Waals surface area contributed by atoms with Gasteiger partial charge in [0.15, 0.2) is 0 Å². The van der Waals surface area contributed by atoms with Crippen LogP contribution in [-0.2, 0) is 16.1 Å². The van der Waals surface area contributed by atoms with Crippen LogP contribution in [0.5, 0.6) is 0 Å². The summed E-state index contributed by atoms with van der Waals surface area (Å²) in [5.74, 6) is 1.19. The molecule has 2 aromatic rings. The molecule has 0 atom stereocenters. The van der Waals surface area contributed by atoms with Gasteiger partial charge in [-0.25, -0.2) is 4.98 Å². The van der Waals surface area contributed by atoms with Gasteiger partial charge in [0.25, 0.3) is 0 Å². The zero-order valence-electron chi connectivity index (χ0n) is 11.9. The molecule has 0 amide bonds. The molecule has 2 rings (SSSR count). The second kappa shape index (κ2) is 6.67. The lowest BCUT2D eigenvalue weighted by Gasteiger charge is -2.17. The third kappa shape index (κ3) is 3.46. The number of rotatable bonds is 6. The number of methoxy groups -OCH3 is 1. The molecule has 2 aromatic heterocycles. The van der Waals surface area contributed by atoms with Crippen molar-refractivity contribution in [2.75, 3.05) is 20.2 Å². The Kier molecular flexibility index (Phi) is 4.92. The number of aryl methyl sites for hydroxylation is 1.